The topological polar surface area (TPSA) is 42.0 Å². The number of anilines is 1. The summed E-state index contributed by atoms with van der Waals surface area (Å²) in [4.78, 5) is 15.9. The van der Waals surface area contributed by atoms with E-state index in [1.54, 1.807) is 24.5 Å². The lowest BCUT2D eigenvalue weighted by atomic mass is 10.1. The van der Waals surface area contributed by atoms with Gasteiger partial charge in [-0.05, 0) is 30.2 Å². The Kier molecular flexibility index (Phi) is 4.07. The summed E-state index contributed by atoms with van der Waals surface area (Å²) < 4.78 is 0. The number of carbonyl (C=O) groups is 1. The second kappa shape index (κ2) is 5.96. The van der Waals surface area contributed by atoms with E-state index in [0.29, 0.717) is 5.56 Å². The fourth-order valence-corrected chi connectivity index (χ4v) is 1.83. The van der Waals surface area contributed by atoms with Crippen LogP contribution in [-0.4, -0.2) is 10.9 Å². The van der Waals surface area contributed by atoms with Gasteiger partial charge in [0.1, 0.15) is 0 Å². The van der Waals surface area contributed by atoms with E-state index in [1.165, 1.54) is 5.56 Å². The van der Waals surface area contributed by atoms with Crippen molar-refractivity contribution < 1.29 is 4.79 Å². The Hall–Kier alpha value is -2.16. The number of nitrogens with one attached hydrogen (secondary N) is 1. The third kappa shape index (κ3) is 2.94. The van der Waals surface area contributed by atoms with Crippen LogP contribution in [0.5, 0.6) is 0 Å². The molecule has 3 heteroatoms. The van der Waals surface area contributed by atoms with Gasteiger partial charge in [-0.25, -0.2) is 0 Å². The van der Waals surface area contributed by atoms with Crippen molar-refractivity contribution in [1.29, 1.82) is 0 Å². The highest BCUT2D eigenvalue weighted by Crippen LogP contribution is 2.17. The zero-order valence-electron chi connectivity index (χ0n) is 10.4. The lowest BCUT2D eigenvalue weighted by Crippen LogP contribution is -2.13. The zero-order valence-corrected chi connectivity index (χ0v) is 10.4. The number of nitrogens with zero attached hydrogens (tertiary/aromatic N) is 1. The van der Waals surface area contributed by atoms with Crippen LogP contribution in [0.25, 0.3) is 0 Å². The number of rotatable bonds is 4. The Balaban J connectivity index is 2.17. The molecule has 0 aliphatic rings. The fourth-order valence-electron chi connectivity index (χ4n) is 1.83. The van der Waals surface area contributed by atoms with Gasteiger partial charge in [0.25, 0.3) is 5.91 Å². The van der Waals surface area contributed by atoms with Gasteiger partial charge in [-0.3, -0.25) is 9.78 Å². The Morgan fingerprint density at radius 2 is 1.89 bits per heavy atom. The van der Waals surface area contributed by atoms with E-state index in [1.807, 2.05) is 24.3 Å². The number of hydrogen-bond acceptors (Lipinski definition) is 2. The minimum Gasteiger partial charge on any atom is -0.322 e. The first kappa shape index (κ1) is 12.3. The van der Waals surface area contributed by atoms with E-state index in [-0.39, 0.29) is 5.91 Å². The van der Waals surface area contributed by atoms with Crippen LogP contribution in [0.1, 0.15) is 29.3 Å². The Morgan fingerprint density at radius 1 is 1.17 bits per heavy atom. The van der Waals surface area contributed by atoms with Crippen LogP contribution in [0.2, 0.25) is 0 Å². The van der Waals surface area contributed by atoms with Crippen molar-refractivity contribution in [3.05, 3.63) is 59.9 Å². The number of benzene rings is 1. The maximum atomic E-state index is 12.0. The summed E-state index contributed by atoms with van der Waals surface area (Å²) in [7, 11) is 0. The molecule has 1 N–H and O–H groups in total. The number of carbonyl (C=O) groups excluding carboxylic acids is 1. The molecule has 0 aliphatic heterocycles. The average Bonchev–Trinajstić information content (AvgIpc) is 2.42. The quantitative estimate of drug-likeness (QED) is 0.891. The van der Waals surface area contributed by atoms with Gasteiger partial charge in [0.05, 0.1) is 0 Å². The van der Waals surface area contributed by atoms with Crippen LogP contribution in [0, 0.1) is 0 Å². The molecule has 0 spiro atoms. The van der Waals surface area contributed by atoms with Gasteiger partial charge in [-0.1, -0.05) is 31.5 Å². The molecule has 92 valence electrons. The fraction of sp³-hybridized carbons (Fsp3) is 0.200. The van der Waals surface area contributed by atoms with Gasteiger partial charge in [-0.15, -0.1) is 0 Å². The SMILES string of the molecule is CCCc1ccccc1NC(=O)c1ccncc1. The van der Waals surface area contributed by atoms with Crippen molar-refractivity contribution in [3.63, 3.8) is 0 Å². The van der Waals surface area contributed by atoms with E-state index in [2.05, 4.69) is 17.2 Å². The van der Waals surface area contributed by atoms with E-state index in [9.17, 15) is 4.79 Å². The standard InChI is InChI=1S/C15H16N2O/c1-2-5-12-6-3-4-7-14(12)17-15(18)13-8-10-16-11-9-13/h3-4,6-11H,2,5H2,1H3,(H,17,18). The third-order valence-corrected chi connectivity index (χ3v) is 2.73. The molecule has 2 rings (SSSR count). The van der Waals surface area contributed by atoms with Gasteiger partial charge >= 0.3 is 0 Å². The molecule has 1 aromatic heterocycles. The van der Waals surface area contributed by atoms with Crippen LogP contribution in [0.4, 0.5) is 5.69 Å². The molecular weight excluding hydrogens is 224 g/mol. The van der Waals surface area contributed by atoms with Gasteiger partial charge in [0, 0.05) is 23.6 Å². The van der Waals surface area contributed by atoms with Crippen LogP contribution < -0.4 is 5.32 Å². The molecule has 1 aromatic carbocycles. The number of aryl methyl sites for hydroxylation is 1. The molecule has 0 saturated heterocycles. The Bertz CT molecular complexity index is 523. The first-order valence-electron chi connectivity index (χ1n) is 6.10. The van der Waals surface area contributed by atoms with Gasteiger partial charge in [0.2, 0.25) is 0 Å². The molecule has 0 atom stereocenters. The monoisotopic (exact) mass is 240 g/mol. The molecule has 0 unspecified atom stereocenters. The zero-order chi connectivity index (χ0) is 12.8. The molecule has 0 fully saturated rings. The summed E-state index contributed by atoms with van der Waals surface area (Å²) in [6, 6.07) is 11.3. The van der Waals surface area contributed by atoms with Gasteiger partial charge in [-0.2, -0.15) is 0 Å². The molecule has 3 nitrogen and oxygen atoms in total. The molecule has 0 bridgehead atoms. The molecule has 1 heterocycles. The highest BCUT2D eigenvalue weighted by molar-refractivity contribution is 6.04. The molecule has 0 radical (unpaired) electrons. The molecular formula is C15H16N2O. The highest BCUT2D eigenvalue weighted by atomic mass is 16.1. The molecule has 2 aromatic rings. The van der Waals surface area contributed by atoms with E-state index in [4.69, 9.17) is 0 Å². The smallest absolute Gasteiger partial charge is 0.255 e. The van der Waals surface area contributed by atoms with E-state index < -0.39 is 0 Å². The number of pyridine rings is 1. The first-order valence-corrected chi connectivity index (χ1v) is 6.10. The lowest BCUT2D eigenvalue weighted by molar-refractivity contribution is 0.102. The second-order valence-electron chi connectivity index (χ2n) is 4.10. The predicted octanol–water partition coefficient (Wildman–Crippen LogP) is 3.29. The summed E-state index contributed by atoms with van der Waals surface area (Å²) in [5.74, 6) is -0.0963. The summed E-state index contributed by atoms with van der Waals surface area (Å²) in [6.07, 6.45) is 5.26. The normalized spacial score (nSPS) is 10.1. The van der Waals surface area contributed by atoms with Crippen LogP contribution >= 0.6 is 0 Å². The third-order valence-electron chi connectivity index (χ3n) is 2.73. The van der Waals surface area contributed by atoms with Crippen molar-refractivity contribution in [2.45, 2.75) is 19.8 Å². The van der Waals surface area contributed by atoms with E-state index >= 15 is 0 Å². The van der Waals surface area contributed by atoms with Crippen molar-refractivity contribution in [2.24, 2.45) is 0 Å². The van der Waals surface area contributed by atoms with E-state index in [0.717, 1.165) is 18.5 Å². The number of para-hydroxylation sites is 1. The maximum Gasteiger partial charge on any atom is 0.255 e. The summed E-state index contributed by atoms with van der Waals surface area (Å²) in [5, 5.41) is 2.94. The minimum absolute atomic E-state index is 0.0963. The maximum absolute atomic E-state index is 12.0. The van der Waals surface area contributed by atoms with Crippen LogP contribution in [0.15, 0.2) is 48.8 Å². The lowest BCUT2D eigenvalue weighted by Gasteiger charge is -2.10. The van der Waals surface area contributed by atoms with Crippen LogP contribution in [0.3, 0.4) is 0 Å². The summed E-state index contributed by atoms with van der Waals surface area (Å²) >= 11 is 0. The number of aromatic nitrogens is 1. The van der Waals surface area contributed by atoms with Crippen molar-refractivity contribution in [3.8, 4) is 0 Å². The largest absolute Gasteiger partial charge is 0.322 e. The van der Waals surface area contributed by atoms with Gasteiger partial charge < -0.3 is 5.32 Å². The predicted molar refractivity (Wildman–Crippen MR) is 72.6 cm³/mol. The van der Waals surface area contributed by atoms with Crippen molar-refractivity contribution in [1.82, 2.24) is 4.98 Å². The Morgan fingerprint density at radius 3 is 2.61 bits per heavy atom. The molecule has 0 aliphatic carbocycles. The van der Waals surface area contributed by atoms with Crippen LogP contribution in [-0.2, 0) is 6.42 Å². The first-order chi connectivity index (χ1) is 8.81. The Labute approximate surface area is 107 Å². The summed E-state index contributed by atoms with van der Waals surface area (Å²) in [6.45, 7) is 2.13. The van der Waals surface area contributed by atoms with Gasteiger partial charge in [0.15, 0.2) is 0 Å². The number of amides is 1. The van der Waals surface area contributed by atoms with Crippen molar-refractivity contribution >= 4 is 11.6 Å². The average molecular weight is 240 g/mol. The van der Waals surface area contributed by atoms with Crippen molar-refractivity contribution in [2.75, 3.05) is 5.32 Å². The minimum atomic E-state index is -0.0963. The highest BCUT2D eigenvalue weighted by Gasteiger charge is 2.07. The number of hydrogen-bond donors (Lipinski definition) is 1. The molecule has 0 saturated carbocycles. The summed E-state index contributed by atoms with van der Waals surface area (Å²) in [5.41, 5.74) is 2.68. The molecule has 1 amide bonds. The second-order valence-corrected chi connectivity index (χ2v) is 4.10. The molecule has 18 heavy (non-hydrogen) atoms.